The van der Waals surface area contributed by atoms with Crippen molar-refractivity contribution in [2.45, 2.75) is 13.8 Å². The minimum absolute atomic E-state index is 0.177. The number of aryl methyl sites for hydroxylation is 1. The quantitative estimate of drug-likeness (QED) is 0.594. The van der Waals surface area contributed by atoms with E-state index in [2.05, 4.69) is 20.5 Å². The maximum Gasteiger partial charge on any atom is 0.257 e. The van der Waals surface area contributed by atoms with Gasteiger partial charge in [-0.05, 0) is 38.1 Å². The number of thiazole rings is 1. The summed E-state index contributed by atoms with van der Waals surface area (Å²) in [6.07, 6.45) is 3.02. The lowest BCUT2D eigenvalue weighted by Crippen LogP contribution is -2.13. The zero-order valence-electron chi connectivity index (χ0n) is 14.1. The van der Waals surface area contributed by atoms with Crippen molar-refractivity contribution in [1.82, 2.24) is 19.7 Å². The molecule has 0 saturated heterocycles. The average molecular weight is 365 g/mol. The van der Waals surface area contributed by atoms with Crippen molar-refractivity contribution >= 4 is 22.9 Å². The van der Waals surface area contributed by atoms with Gasteiger partial charge in [-0.15, -0.1) is 21.5 Å². The summed E-state index contributed by atoms with van der Waals surface area (Å²) in [4.78, 5) is 17.1. The summed E-state index contributed by atoms with van der Waals surface area (Å²) in [6.45, 7) is 3.87. The standard InChI is InChI=1S/C18H15N5O2S/c1-11-8-15(12(2)23(11)18-19-6-7-26-18)16(24)21-14-5-3-4-13(9-14)17-22-20-10-25-17/h3-10H,1-2H3,(H,21,24). The Bertz CT molecular complexity index is 1050. The van der Waals surface area contributed by atoms with Crippen molar-refractivity contribution in [1.29, 1.82) is 0 Å². The molecule has 3 heterocycles. The Balaban J connectivity index is 1.62. The number of aromatic nitrogens is 4. The number of rotatable bonds is 4. The minimum Gasteiger partial charge on any atom is -0.423 e. The Hall–Kier alpha value is -3.26. The molecule has 4 aromatic rings. The lowest BCUT2D eigenvalue weighted by Gasteiger charge is -2.07. The second-order valence-corrected chi connectivity index (χ2v) is 6.59. The molecule has 0 aliphatic carbocycles. The summed E-state index contributed by atoms with van der Waals surface area (Å²) >= 11 is 1.53. The molecule has 0 radical (unpaired) electrons. The summed E-state index contributed by atoms with van der Waals surface area (Å²) in [5.74, 6) is 0.228. The molecular formula is C18H15N5O2S. The van der Waals surface area contributed by atoms with E-state index in [1.807, 2.05) is 48.1 Å². The van der Waals surface area contributed by atoms with Crippen LogP contribution >= 0.6 is 11.3 Å². The van der Waals surface area contributed by atoms with Crippen molar-refractivity contribution < 1.29 is 9.21 Å². The van der Waals surface area contributed by atoms with E-state index in [0.717, 1.165) is 22.1 Å². The van der Waals surface area contributed by atoms with E-state index < -0.39 is 0 Å². The number of nitrogens with zero attached hydrogens (tertiary/aromatic N) is 4. The Kier molecular flexibility index (Phi) is 4.10. The number of hydrogen-bond donors (Lipinski definition) is 1. The fraction of sp³-hybridized carbons (Fsp3) is 0.111. The van der Waals surface area contributed by atoms with Gasteiger partial charge in [-0.1, -0.05) is 6.07 Å². The summed E-state index contributed by atoms with van der Waals surface area (Å²) in [7, 11) is 0. The van der Waals surface area contributed by atoms with E-state index >= 15 is 0 Å². The molecule has 7 nitrogen and oxygen atoms in total. The molecule has 1 amide bonds. The van der Waals surface area contributed by atoms with Gasteiger partial charge in [-0.3, -0.25) is 9.36 Å². The van der Waals surface area contributed by atoms with Crippen LogP contribution in [0.5, 0.6) is 0 Å². The second kappa shape index (κ2) is 6.57. The van der Waals surface area contributed by atoms with E-state index in [-0.39, 0.29) is 5.91 Å². The Morgan fingerprint density at radius 3 is 2.88 bits per heavy atom. The molecule has 0 unspecified atom stereocenters. The van der Waals surface area contributed by atoms with Crippen molar-refractivity contribution in [3.8, 4) is 16.6 Å². The van der Waals surface area contributed by atoms with Gasteiger partial charge in [0.1, 0.15) is 0 Å². The molecule has 0 bridgehead atoms. The van der Waals surface area contributed by atoms with Crippen molar-refractivity contribution in [2.75, 3.05) is 5.32 Å². The largest absolute Gasteiger partial charge is 0.423 e. The fourth-order valence-electron chi connectivity index (χ4n) is 2.84. The first-order chi connectivity index (χ1) is 12.6. The van der Waals surface area contributed by atoms with Gasteiger partial charge >= 0.3 is 0 Å². The SMILES string of the molecule is Cc1cc(C(=O)Nc2cccc(-c3nnco3)c2)c(C)n1-c1nccs1. The van der Waals surface area contributed by atoms with Crippen LogP contribution in [0.3, 0.4) is 0 Å². The first-order valence-corrected chi connectivity index (χ1v) is 8.78. The third-order valence-electron chi connectivity index (χ3n) is 4.01. The van der Waals surface area contributed by atoms with Gasteiger partial charge in [0.15, 0.2) is 5.13 Å². The van der Waals surface area contributed by atoms with E-state index in [1.54, 1.807) is 12.3 Å². The summed E-state index contributed by atoms with van der Waals surface area (Å²) < 4.78 is 7.18. The smallest absolute Gasteiger partial charge is 0.257 e. The highest BCUT2D eigenvalue weighted by Crippen LogP contribution is 2.24. The molecule has 1 N–H and O–H groups in total. The summed E-state index contributed by atoms with van der Waals surface area (Å²) in [5, 5.41) is 13.2. The summed E-state index contributed by atoms with van der Waals surface area (Å²) in [6, 6.07) is 9.16. The molecule has 1 aromatic carbocycles. The van der Waals surface area contributed by atoms with Gasteiger partial charge in [0.2, 0.25) is 12.3 Å². The van der Waals surface area contributed by atoms with Crippen LogP contribution in [-0.4, -0.2) is 25.7 Å². The van der Waals surface area contributed by atoms with Crippen LogP contribution in [0.25, 0.3) is 16.6 Å². The molecular weight excluding hydrogens is 350 g/mol. The van der Waals surface area contributed by atoms with Crippen molar-refractivity contribution in [3.63, 3.8) is 0 Å². The monoisotopic (exact) mass is 365 g/mol. The first-order valence-electron chi connectivity index (χ1n) is 7.90. The van der Waals surface area contributed by atoms with Crippen LogP contribution in [0.1, 0.15) is 21.7 Å². The van der Waals surface area contributed by atoms with Crippen LogP contribution in [0.4, 0.5) is 5.69 Å². The fourth-order valence-corrected chi connectivity index (χ4v) is 3.59. The molecule has 0 fully saturated rings. The van der Waals surface area contributed by atoms with Gasteiger partial charge in [-0.25, -0.2) is 4.98 Å². The molecule has 0 aliphatic heterocycles. The molecule has 8 heteroatoms. The molecule has 3 aromatic heterocycles. The topological polar surface area (TPSA) is 85.8 Å². The van der Waals surface area contributed by atoms with Crippen LogP contribution in [-0.2, 0) is 0 Å². The Morgan fingerprint density at radius 1 is 1.27 bits per heavy atom. The van der Waals surface area contributed by atoms with E-state index in [0.29, 0.717) is 17.1 Å². The van der Waals surface area contributed by atoms with Crippen LogP contribution in [0, 0.1) is 13.8 Å². The van der Waals surface area contributed by atoms with Gasteiger partial charge in [-0.2, -0.15) is 0 Å². The van der Waals surface area contributed by atoms with Crippen molar-refractivity contribution in [3.05, 3.63) is 65.3 Å². The predicted molar refractivity (Wildman–Crippen MR) is 98.6 cm³/mol. The van der Waals surface area contributed by atoms with Gasteiger partial charge < -0.3 is 9.73 Å². The number of amides is 1. The molecule has 4 rings (SSSR count). The van der Waals surface area contributed by atoms with E-state index in [9.17, 15) is 4.79 Å². The van der Waals surface area contributed by atoms with Gasteiger partial charge in [0, 0.05) is 34.2 Å². The first kappa shape index (κ1) is 16.2. The van der Waals surface area contributed by atoms with Gasteiger partial charge in [0.25, 0.3) is 5.91 Å². The number of carbonyl (C=O) groups excluding carboxylic acids is 1. The Morgan fingerprint density at radius 2 is 2.15 bits per heavy atom. The average Bonchev–Trinajstić information content (AvgIpc) is 3.36. The number of anilines is 1. The number of hydrogen-bond acceptors (Lipinski definition) is 6. The second-order valence-electron chi connectivity index (χ2n) is 5.71. The Labute approximate surface area is 153 Å². The summed E-state index contributed by atoms with van der Waals surface area (Å²) in [5.41, 5.74) is 3.82. The maximum absolute atomic E-state index is 12.8. The molecule has 130 valence electrons. The zero-order valence-corrected chi connectivity index (χ0v) is 14.9. The molecule has 0 atom stereocenters. The molecule has 0 saturated carbocycles. The van der Waals surface area contributed by atoms with E-state index in [1.165, 1.54) is 17.7 Å². The normalized spacial score (nSPS) is 10.8. The third kappa shape index (κ3) is 2.91. The predicted octanol–water partition coefficient (Wildman–Crippen LogP) is 3.85. The van der Waals surface area contributed by atoms with Crippen LogP contribution in [0.2, 0.25) is 0 Å². The minimum atomic E-state index is -0.177. The number of benzene rings is 1. The zero-order chi connectivity index (χ0) is 18.1. The third-order valence-corrected chi connectivity index (χ3v) is 4.77. The van der Waals surface area contributed by atoms with Gasteiger partial charge in [0.05, 0.1) is 5.56 Å². The molecule has 0 spiro atoms. The van der Waals surface area contributed by atoms with Crippen molar-refractivity contribution in [2.24, 2.45) is 0 Å². The highest BCUT2D eigenvalue weighted by molar-refractivity contribution is 7.12. The highest BCUT2D eigenvalue weighted by Gasteiger charge is 2.18. The molecule has 26 heavy (non-hydrogen) atoms. The molecule has 0 aliphatic rings. The lowest BCUT2D eigenvalue weighted by molar-refractivity contribution is 0.102. The van der Waals surface area contributed by atoms with E-state index in [4.69, 9.17) is 4.42 Å². The maximum atomic E-state index is 12.8. The highest BCUT2D eigenvalue weighted by atomic mass is 32.1. The van der Waals surface area contributed by atoms with Crippen LogP contribution in [0.15, 0.2) is 52.7 Å². The lowest BCUT2D eigenvalue weighted by atomic mass is 10.2. The van der Waals surface area contributed by atoms with Crippen LogP contribution < -0.4 is 5.32 Å². The number of carbonyl (C=O) groups is 1. The number of nitrogens with one attached hydrogen (secondary N) is 1.